The fraction of sp³-hybridized carbons (Fsp3) is 0.667. The van der Waals surface area contributed by atoms with Crippen molar-refractivity contribution in [1.82, 2.24) is 20.3 Å². The minimum Gasteiger partial charge on any atom is -0.480 e. The van der Waals surface area contributed by atoms with E-state index in [4.69, 9.17) is 9.84 Å². The summed E-state index contributed by atoms with van der Waals surface area (Å²) in [6, 6.07) is -1.01. The summed E-state index contributed by atoms with van der Waals surface area (Å²) in [5.41, 5.74) is 0.0869. The molecule has 1 amide bonds. The van der Waals surface area contributed by atoms with Gasteiger partial charge < -0.3 is 15.2 Å². The Morgan fingerprint density at radius 1 is 1.52 bits per heavy atom. The molecule has 8 nitrogen and oxygen atoms in total. The van der Waals surface area contributed by atoms with Crippen LogP contribution in [0.25, 0.3) is 0 Å². The number of nitrogens with one attached hydrogen (secondary N) is 1. The van der Waals surface area contributed by atoms with E-state index in [-0.39, 0.29) is 5.75 Å². The Morgan fingerprint density at radius 3 is 2.67 bits per heavy atom. The van der Waals surface area contributed by atoms with E-state index in [9.17, 15) is 9.59 Å². The van der Waals surface area contributed by atoms with Crippen LogP contribution in [0.2, 0.25) is 0 Å². The smallest absolute Gasteiger partial charge is 0.408 e. The fourth-order valence-corrected chi connectivity index (χ4v) is 2.29. The van der Waals surface area contributed by atoms with Gasteiger partial charge in [-0.05, 0) is 20.8 Å². The van der Waals surface area contributed by atoms with E-state index in [0.29, 0.717) is 5.75 Å². The van der Waals surface area contributed by atoms with Crippen LogP contribution in [0, 0.1) is 0 Å². The number of carboxylic acids is 1. The standard InChI is InChI=1S/C12H20N4O4S/c1-12(2,3)20-11(19)13-9(10(17)18)7-21-6-8-5-16(4)15-14-8/h5,9H,6-7H2,1-4H3,(H,13,19)(H,17,18). The topological polar surface area (TPSA) is 106 Å². The van der Waals surface area contributed by atoms with E-state index in [1.165, 1.54) is 11.8 Å². The summed E-state index contributed by atoms with van der Waals surface area (Å²) in [7, 11) is 1.76. The largest absolute Gasteiger partial charge is 0.480 e. The van der Waals surface area contributed by atoms with Crippen LogP contribution in [0.15, 0.2) is 6.20 Å². The van der Waals surface area contributed by atoms with Crippen molar-refractivity contribution in [2.45, 2.75) is 38.2 Å². The highest BCUT2D eigenvalue weighted by molar-refractivity contribution is 7.98. The van der Waals surface area contributed by atoms with Gasteiger partial charge in [-0.2, -0.15) is 11.8 Å². The van der Waals surface area contributed by atoms with E-state index in [2.05, 4.69) is 15.6 Å². The van der Waals surface area contributed by atoms with Gasteiger partial charge in [0.1, 0.15) is 11.6 Å². The van der Waals surface area contributed by atoms with Crippen molar-refractivity contribution in [3.8, 4) is 0 Å². The van der Waals surface area contributed by atoms with Crippen molar-refractivity contribution in [2.75, 3.05) is 5.75 Å². The Bertz CT molecular complexity index is 498. The Labute approximate surface area is 127 Å². The second-order valence-corrected chi connectivity index (χ2v) is 6.47. The number of hydrogen-bond donors (Lipinski definition) is 2. The lowest BCUT2D eigenvalue weighted by Crippen LogP contribution is -2.44. The minimum atomic E-state index is -1.10. The molecule has 2 N–H and O–H groups in total. The van der Waals surface area contributed by atoms with Crippen molar-refractivity contribution < 1.29 is 19.4 Å². The zero-order chi connectivity index (χ0) is 16.0. The van der Waals surface area contributed by atoms with Gasteiger partial charge in [-0.3, -0.25) is 4.68 Å². The SMILES string of the molecule is Cn1cc(CSCC(NC(=O)OC(C)(C)C)C(=O)O)nn1. The lowest BCUT2D eigenvalue weighted by molar-refractivity contribution is -0.138. The molecule has 0 spiro atoms. The molecule has 1 atom stereocenters. The zero-order valence-electron chi connectivity index (χ0n) is 12.5. The number of hydrogen-bond acceptors (Lipinski definition) is 6. The third-order valence-corrected chi connectivity index (χ3v) is 3.24. The zero-order valence-corrected chi connectivity index (χ0v) is 13.3. The molecule has 0 aliphatic carbocycles. The third kappa shape index (κ3) is 6.98. The van der Waals surface area contributed by atoms with Gasteiger partial charge in [-0.15, -0.1) is 5.10 Å². The molecule has 118 valence electrons. The van der Waals surface area contributed by atoms with Crippen LogP contribution in [0.5, 0.6) is 0 Å². The number of carboxylic acid groups (broad SMARTS) is 1. The molecular weight excluding hydrogens is 296 g/mol. The van der Waals surface area contributed by atoms with Crippen molar-refractivity contribution in [3.05, 3.63) is 11.9 Å². The summed E-state index contributed by atoms with van der Waals surface area (Å²) >= 11 is 1.35. The maximum absolute atomic E-state index is 11.6. The number of carbonyl (C=O) groups excluding carboxylic acids is 1. The number of aromatic nitrogens is 3. The summed E-state index contributed by atoms with van der Waals surface area (Å²) in [4.78, 5) is 22.7. The maximum Gasteiger partial charge on any atom is 0.408 e. The van der Waals surface area contributed by atoms with Crippen LogP contribution < -0.4 is 5.32 Å². The maximum atomic E-state index is 11.6. The van der Waals surface area contributed by atoms with Crippen LogP contribution >= 0.6 is 11.8 Å². The number of thioether (sulfide) groups is 1. The van der Waals surface area contributed by atoms with Crippen LogP contribution in [0.3, 0.4) is 0 Å². The van der Waals surface area contributed by atoms with Gasteiger partial charge in [-0.1, -0.05) is 5.21 Å². The normalized spacial score (nSPS) is 12.8. The van der Waals surface area contributed by atoms with Crippen LogP contribution in [-0.4, -0.2) is 49.6 Å². The Balaban J connectivity index is 2.43. The average Bonchev–Trinajstić information content (AvgIpc) is 2.71. The first-order valence-corrected chi connectivity index (χ1v) is 7.48. The Kier molecular flexibility index (Phi) is 6.01. The summed E-state index contributed by atoms with van der Waals surface area (Å²) in [5.74, 6) is -0.369. The highest BCUT2D eigenvalue weighted by Crippen LogP contribution is 2.12. The second-order valence-electron chi connectivity index (χ2n) is 5.44. The van der Waals surface area contributed by atoms with Crippen LogP contribution in [0.4, 0.5) is 4.79 Å². The molecule has 9 heteroatoms. The molecule has 0 saturated carbocycles. The molecule has 1 unspecified atom stereocenters. The number of alkyl carbamates (subject to hydrolysis) is 1. The predicted molar refractivity (Wildman–Crippen MR) is 78.0 cm³/mol. The molecular formula is C12H20N4O4S. The Hall–Kier alpha value is -1.77. The number of aryl methyl sites for hydroxylation is 1. The monoisotopic (exact) mass is 316 g/mol. The fourth-order valence-electron chi connectivity index (χ4n) is 1.37. The number of aliphatic carboxylic acids is 1. The molecule has 1 aromatic rings. The van der Waals surface area contributed by atoms with Gasteiger partial charge in [-0.25, -0.2) is 9.59 Å². The van der Waals surface area contributed by atoms with Gasteiger partial charge in [0.2, 0.25) is 0 Å². The molecule has 21 heavy (non-hydrogen) atoms. The first kappa shape index (κ1) is 17.3. The highest BCUT2D eigenvalue weighted by Gasteiger charge is 2.23. The van der Waals surface area contributed by atoms with Gasteiger partial charge in [0.25, 0.3) is 0 Å². The Morgan fingerprint density at radius 2 is 2.19 bits per heavy atom. The number of ether oxygens (including phenoxy) is 1. The lowest BCUT2D eigenvalue weighted by atomic mass is 10.2. The summed E-state index contributed by atoms with van der Waals surface area (Å²) in [6.45, 7) is 5.14. The van der Waals surface area contributed by atoms with Crippen LogP contribution in [0.1, 0.15) is 26.5 Å². The van der Waals surface area contributed by atoms with Crippen molar-refractivity contribution in [2.24, 2.45) is 7.05 Å². The van der Waals surface area contributed by atoms with Gasteiger partial charge in [0.05, 0.1) is 5.69 Å². The molecule has 0 aliphatic rings. The van der Waals surface area contributed by atoms with Crippen molar-refractivity contribution in [1.29, 1.82) is 0 Å². The molecule has 1 heterocycles. The second kappa shape index (κ2) is 7.30. The molecule has 1 rings (SSSR count). The molecule has 0 aliphatic heterocycles. The first-order valence-electron chi connectivity index (χ1n) is 6.32. The summed E-state index contributed by atoms with van der Waals surface area (Å²) < 4.78 is 6.61. The number of carbonyl (C=O) groups is 2. The molecule has 0 bridgehead atoms. The van der Waals surface area contributed by atoms with Gasteiger partial charge >= 0.3 is 12.1 Å². The van der Waals surface area contributed by atoms with Crippen molar-refractivity contribution in [3.63, 3.8) is 0 Å². The predicted octanol–water partition coefficient (Wildman–Crippen LogP) is 1.03. The first-order chi connectivity index (χ1) is 9.67. The minimum absolute atomic E-state index is 0.213. The number of amides is 1. The summed E-state index contributed by atoms with van der Waals surface area (Å²) in [6.07, 6.45) is 1.01. The number of rotatable bonds is 6. The summed E-state index contributed by atoms with van der Waals surface area (Å²) in [5, 5.41) is 19.1. The van der Waals surface area contributed by atoms with E-state index < -0.39 is 23.7 Å². The van der Waals surface area contributed by atoms with Gasteiger partial charge in [0, 0.05) is 24.8 Å². The van der Waals surface area contributed by atoms with E-state index >= 15 is 0 Å². The van der Waals surface area contributed by atoms with Crippen molar-refractivity contribution >= 4 is 23.8 Å². The van der Waals surface area contributed by atoms with E-state index in [1.54, 1.807) is 38.7 Å². The van der Waals surface area contributed by atoms with Crippen LogP contribution in [-0.2, 0) is 22.3 Å². The lowest BCUT2D eigenvalue weighted by Gasteiger charge is -2.21. The quantitative estimate of drug-likeness (QED) is 0.807. The van der Waals surface area contributed by atoms with Gasteiger partial charge in [0.15, 0.2) is 0 Å². The van der Waals surface area contributed by atoms with E-state index in [0.717, 1.165) is 5.69 Å². The highest BCUT2D eigenvalue weighted by atomic mass is 32.2. The average molecular weight is 316 g/mol. The molecule has 0 saturated heterocycles. The number of nitrogens with zero attached hydrogens (tertiary/aromatic N) is 3. The molecule has 0 aromatic carbocycles. The third-order valence-electron chi connectivity index (χ3n) is 2.17. The molecule has 1 aromatic heterocycles. The molecule has 0 radical (unpaired) electrons. The van der Waals surface area contributed by atoms with E-state index in [1.807, 2.05) is 0 Å². The molecule has 0 fully saturated rings.